The average Bonchev–Trinajstić information content (AvgIpc) is 2.61. The van der Waals surface area contributed by atoms with E-state index in [0.29, 0.717) is 12.6 Å². The Balaban J connectivity index is 2.69. The molecule has 1 aromatic heterocycles. The summed E-state index contributed by atoms with van der Waals surface area (Å²) in [6.45, 7) is 7.17. The first kappa shape index (κ1) is 13.2. The second-order valence-electron chi connectivity index (χ2n) is 4.87. The highest BCUT2D eigenvalue weighted by atomic mass is 16.5. The summed E-state index contributed by atoms with van der Waals surface area (Å²) in [5.74, 6) is 0. The number of nitrogens with zero attached hydrogens (tertiary/aromatic N) is 2. The van der Waals surface area contributed by atoms with Gasteiger partial charge in [-0.1, -0.05) is 6.92 Å². The zero-order valence-corrected chi connectivity index (χ0v) is 10.9. The van der Waals surface area contributed by atoms with Crippen molar-refractivity contribution >= 4 is 0 Å². The summed E-state index contributed by atoms with van der Waals surface area (Å²) in [6.07, 6.45) is 5.02. The lowest BCUT2D eigenvalue weighted by Crippen LogP contribution is -2.45. The van der Waals surface area contributed by atoms with Crippen LogP contribution in [-0.4, -0.2) is 29.0 Å². The maximum atomic E-state index is 5.21. The fourth-order valence-electron chi connectivity index (χ4n) is 1.92. The molecule has 1 unspecified atom stereocenters. The molecular weight excluding hydrogens is 202 g/mol. The van der Waals surface area contributed by atoms with Gasteiger partial charge in [0.2, 0.25) is 0 Å². The smallest absolute Gasteiger partial charge is 0.0639 e. The molecule has 1 aromatic rings. The number of aromatic nitrogens is 2. The average molecular weight is 225 g/mol. The Morgan fingerprint density at radius 2 is 2.25 bits per heavy atom. The fourth-order valence-corrected chi connectivity index (χ4v) is 1.92. The van der Waals surface area contributed by atoms with Crippen molar-refractivity contribution in [2.45, 2.75) is 38.8 Å². The van der Waals surface area contributed by atoms with Gasteiger partial charge in [0.1, 0.15) is 0 Å². The first-order valence-electron chi connectivity index (χ1n) is 5.73. The molecule has 92 valence electrons. The first-order chi connectivity index (χ1) is 7.48. The van der Waals surface area contributed by atoms with E-state index in [4.69, 9.17) is 4.74 Å². The molecule has 1 atom stereocenters. The van der Waals surface area contributed by atoms with Crippen LogP contribution in [0.3, 0.4) is 0 Å². The van der Waals surface area contributed by atoms with Gasteiger partial charge < -0.3 is 10.1 Å². The molecule has 4 nitrogen and oxygen atoms in total. The fraction of sp³-hybridized carbons (Fsp3) is 0.750. The third kappa shape index (κ3) is 3.61. The molecule has 1 rings (SSSR count). The summed E-state index contributed by atoms with van der Waals surface area (Å²) in [6, 6.07) is 0.332. The van der Waals surface area contributed by atoms with Crippen LogP contribution < -0.4 is 5.32 Å². The molecule has 0 saturated carbocycles. The van der Waals surface area contributed by atoms with Crippen LogP contribution in [0.25, 0.3) is 0 Å². The minimum atomic E-state index is -0.0226. The van der Waals surface area contributed by atoms with Crippen molar-refractivity contribution in [1.82, 2.24) is 15.1 Å². The zero-order valence-electron chi connectivity index (χ0n) is 10.9. The molecule has 0 fully saturated rings. The Labute approximate surface area is 98.0 Å². The van der Waals surface area contributed by atoms with Gasteiger partial charge in [-0.25, -0.2) is 0 Å². The highest BCUT2D eigenvalue weighted by molar-refractivity contribution is 5.11. The van der Waals surface area contributed by atoms with E-state index < -0.39 is 0 Å². The molecule has 1 heterocycles. The monoisotopic (exact) mass is 225 g/mol. The van der Waals surface area contributed by atoms with E-state index in [0.717, 1.165) is 6.42 Å². The quantitative estimate of drug-likeness (QED) is 0.803. The van der Waals surface area contributed by atoms with E-state index in [9.17, 15) is 0 Å². The zero-order chi connectivity index (χ0) is 12.2. The van der Waals surface area contributed by atoms with Gasteiger partial charge in [-0.05, 0) is 20.3 Å². The molecule has 0 radical (unpaired) electrons. The maximum Gasteiger partial charge on any atom is 0.0639 e. The predicted octanol–water partition coefficient (Wildman–Crippen LogP) is 1.89. The van der Waals surface area contributed by atoms with E-state index in [1.807, 2.05) is 17.9 Å². The lowest BCUT2D eigenvalue weighted by molar-refractivity contribution is 0.120. The van der Waals surface area contributed by atoms with Gasteiger partial charge >= 0.3 is 0 Å². The summed E-state index contributed by atoms with van der Waals surface area (Å²) in [5, 5.41) is 7.80. The van der Waals surface area contributed by atoms with Crippen molar-refractivity contribution in [2.75, 3.05) is 13.7 Å². The number of rotatable bonds is 6. The second-order valence-corrected chi connectivity index (χ2v) is 4.87. The normalized spacial score (nSPS) is 14.1. The van der Waals surface area contributed by atoms with Crippen LogP contribution in [-0.2, 0) is 11.8 Å². The van der Waals surface area contributed by atoms with Crippen molar-refractivity contribution < 1.29 is 4.74 Å². The molecule has 0 amide bonds. The number of ether oxygens (including phenoxy) is 1. The van der Waals surface area contributed by atoms with E-state index in [1.54, 1.807) is 7.11 Å². The van der Waals surface area contributed by atoms with Gasteiger partial charge in [-0.3, -0.25) is 4.68 Å². The number of nitrogens with one attached hydrogen (secondary N) is 1. The first-order valence-corrected chi connectivity index (χ1v) is 5.73. The van der Waals surface area contributed by atoms with Crippen LogP contribution in [0, 0.1) is 0 Å². The number of hydrogen-bond donors (Lipinski definition) is 1. The molecule has 0 aliphatic rings. The van der Waals surface area contributed by atoms with Crippen molar-refractivity contribution in [1.29, 1.82) is 0 Å². The number of aryl methyl sites for hydroxylation is 1. The Kier molecular flexibility index (Phi) is 4.50. The standard InChI is InChI=1S/C12H23N3O/c1-6-11(10-7-13-15(4)8-10)14-12(2,3)9-16-5/h7-8,11,14H,6,9H2,1-5H3. The summed E-state index contributed by atoms with van der Waals surface area (Å²) in [5.41, 5.74) is 1.21. The highest BCUT2D eigenvalue weighted by Crippen LogP contribution is 2.19. The Bertz CT molecular complexity index is 320. The van der Waals surface area contributed by atoms with Crippen LogP contribution in [0.1, 0.15) is 38.8 Å². The van der Waals surface area contributed by atoms with E-state index in [1.165, 1.54) is 5.56 Å². The third-order valence-electron chi connectivity index (χ3n) is 2.61. The Morgan fingerprint density at radius 1 is 1.56 bits per heavy atom. The lowest BCUT2D eigenvalue weighted by atomic mass is 10.0. The van der Waals surface area contributed by atoms with E-state index in [-0.39, 0.29) is 5.54 Å². The molecule has 0 aliphatic carbocycles. The molecule has 4 heteroatoms. The van der Waals surface area contributed by atoms with Gasteiger partial charge in [0.05, 0.1) is 12.8 Å². The SMILES string of the molecule is CCC(NC(C)(C)COC)c1cnn(C)c1. The summed E-state index contributed by atoms with van der Waals surface area (Å²) in [7, 11) is 3.67. The third-order valence-corrected chi connectivity index (χ3v) is 2.61. The van der Waals surface area contributed by atoms with Crippen molar-refractivity contribution in [2.24, 2.45) is 7.05 Å². The Morgan fingerprint density at radius 3 is 2.69 bits per heavy atom. The van der Waals surface area contributed by atoms with Crippen molar-refractivity contribution in [3.63, 3.8) is 0 Å². The van der Waals surface area contributed by atoms with E-state index in [2.05, 4.69) is 37.4 Å². The molecule has 16 heavy (non-hydrogen) atoms. The second kappa shape index (κ2) is 5.46. The minimum absolute atomic E-state index is 0.0226. The lowest BCUT2D eigenvalue weighted by Gasteiger charge is -2.30. The van der Waals surface area contributed by atoms with Crippen molar-refractivity contribution in [3.05, 3.63) is 18.0 Å². The van der Waals surface area contributed by atoms with Gasteiger partial charge in [0.25, 0.3) is 0 Å². The molecule has 0 aromatic carbocycles. The van der Waals surface area contributed by atoms with Gasteiger partial charge in [-0.2, -0.15) is 5.10 Å². The largest absolute Gasteiger partial charge is 0.383 e. The van der Waals surface area contributed by atoms with Crippen LogP contribution in [0.4, 0.5) is 0 Å². The molecule has 1 N–H and O–H groups in total. The van der Waals surface area contributed by atoms with Crippen LogP contribution in [0.5, 0.6) is 0 Å². The van der Waals surface area contributed by atoms with Gasteiger partial charge in [0, 0.05) is 37.5 Å². The summed E-state index contributed by atoms with van der Waals surface area (Å²) in [4.78, 5) is 0. The van der Waals surface area contributed by atoms with Crippen molar-refractivity contribution in [3.8, 4) is 0 Å². The molecule has 0 aliphatic heterocycles. The van der Waals surface area contributed by atoms with Gasteiger partial charge in [0.15, 0.2) is 0 Å². The minimum Gasteiger partial charge on any atom is -0.383 e. The van der Waals surface area contributed by atoms with Gasteiger partial charge in [-0.15, -0.1) is 0 Å². The van der Waals surface area contributed by atoms with Crippen LogP contribution >= 0.6 is 0 Å². The summed E-state index contributed by atoms with van der Waals surface area (Å²) >= 11 is 0. The Hall–Kier alpha value is -0.870. The molecular formula is C12H23N3O. The maximum absolute atomic E-state index is 5.21. The van der Waals surface area contributed by atoms with E-state index >= 15 is 0 Å². The number of hydrogen-bond acceptors (Lipinski definition) is 3. The molecule has 0 saturated heterocycles. The molecule has 0 spiro atoms. The predicted molar refractivity (Wildman–Crippen MR) is 65.3 cm³/mol. The number of methoxy groups -OCH3 is 1. The summed E-state index contributed by atoms with van der Waals surface area (Å²) < 4.78 is 7.05. The highest BCUT2D eigenvalue weighted by Gasteiger charge is 2.22. The van der Waals surface area contributed by atoms with Crippen LogP contribution in [0.2, 0.25) is 0 Å². The topological polar surface area (TPSA) is 39.1 Å². The van der Waals surface area contributed by atoms with Crippen LogP contribution in [0.15, 0.2) is 12.4 Å². The molecule has 0 bridgehead atoms.